The number of hydrogen-bond acceptors (Lipinski definition) is 5. The topological polar surface area (TPSA) is 92.9 Å². The number of phenols is 1. The Balaban J connectivity index is 1.76. The van der Waals surface area contributed by atoms with Gasteiger partial charge in [-0.05, 0) is 65.6 Å². The maximum Gasteiger partial charge on any atom is 0.253 e. The monoisotopic (exact) mass is 337 g/mol. The van der Waals surface area contributed by atoms with Crippen molar-refractivity contribution in [2.75, 3.05) is 6.54 Å². The molecule has 0 saturated carbocycles. The van der Waals surface area contributed by atoms with Crippen LogP contribution in [0.15, 0.2) is 42.7 Å². The van der Waals surface area contributed by atoms with Crippen LogP contribution in [0.3, 0.4) is 0 Å². The number of phenolic OH excluding ortho intramolecular Hbond substituents is 1. The Bertz CT molecular complexity index is 873. The molecule has 1 amide bonds. The van der Waals surface area contributed by atoms with Crippen LogP contribution in [0.25, 0.3) is 5.69 Å². The summed E-state index contributed by atoms with van der Waals surface area (Å²) >= 11 is 0. The van der Waals surface area contributed by atoms with E-state index in [1.165, 1.54) is 11.0 Å². The lowest BCUT2D eigenvalue weighted by Gasteiger charge is -2.14. The molecule has 0 atom stereocenters. The van der Waals surface area contributed by atoms with Crippen molar-refractivity contribution in [3.05, 3.63) is 65.0 Å². The van der Waals surface area contributed by atoms with Crippen LogP contribution >= 0.6 is 0 Å². The van der Waals surface area contributed by atoms with Crippen molar-refractivity contribution in [2.45, 2.75) is 20.3 Å². The van der Waals surface area contributed by atoms with Crippen LogP contribution in [0.1, 0.15) is 27.0 Å². The van der Waals surface area contributed by atoms with Crippen molar-refractivity contribution >= 4 is 5.91 Å². The molecule has 7 heteroatoms. The van der Waals surface area contributed by atoms with Crippen molar-refractivity contribution < 1.29 is 9.90 Å². The fourth-order valence-electron chi connectivity index (χ4n) is 2.62. The minimum absolute atomic E-state index is 0.174. The molecule has 2 aromatic carbocycles. The minimum atomic E-state index is -0.174. The number of aromatic hydroxyl groups is 1. The number of hydrogen-bond donors (Lipinski definition) is 2. The Labute approximate surface area is 145 Å². The number of aryl methyl sites for hydroxylation is 1. The second kappa shape index (κ2) is 7.12. The van der Waals surface area contributed by atoms with Gasteiger partial charge in [-0.1, -0.05) is 18.2 Å². The van der Waals surface area contributed by atoms with Crippen molar-refractivity contribution in [1.29, 1.82) is 0 Å². The molecule has 7 nitrogen and oxygen atoms in total. The number of rotatable bonds is 5. The Morgan fingerprint density at radius 2 is 1.92 bits per heavy atom. The van der Waals surface area contributed by atoms with E-state index in [2.05, 4.69) is 20.8 Å². The first kappa shape index (κ1) is 16.6. The van der Waals surface area contributed by atoms with E-state index >= 15 is 0 Å². The van der Waals surface area contributed by atoms with Crippen LogP contribution in [0.2, 0.25) is 0 Å². The SMILES string of the molecule is Cc1ccc(C(=O)NCCc2ccc(O)cc2)c(-n2cnnn2)c1C. The molecule has 1 aromatic heterocycles. The molecule has 0 aliphatic heterocycles. The highest BCUT2D eigenvalue weighted by molar-refractivity contribution is 5.98. The third-order valence-electron chi connectivity index (χ3n) is 4.16. The first-order chi connectivity index (χ1) is 12.1. The largest absolute Gasteiger partial charge is 0.508 e. The van der Waals surface area contributed by atoms with Gasteiger partial charge in [0.1, 0.15) is 12.1 Å². The highest BCUT2D eigenvalue weighted by atomic mass is 16.3. The molecule has 2 N–H and O–H groups in total. The summed E-state index contributed by atoms with van der Waals surface area (Å²) in [5, 5.41) is 23.5. The number of benzene rings is 2. The maximum absolute atomic E-state index is 12.6. The summed E-state index contributed by atoms with van der Waals surface area (Å²) in [6.07, 6.45) is 2.16. The van der Waals surface area contributed by atoms with Crippen LogP contribution in [-0.4, -0.2) is 37.8 Å². The first-order valence-corrected chi connectivity index (χ1v) is 7.96. The van der Waals surface area contributed by atoms with E-state index in [-0.39, 0.29) is 11.7 Å². The predicted molar refractivity (Wildman–Crippen MR) is 92.8 cm³/mol. The van der Waals surface area contributed by atoms with Gasteiger partial charge in [0.05, 0.1) is 11.3 Å². The zero-order chi connectivity index (χ0) is 17.8. The number of nitrogens with zero attached hydrogens (tertiary/aromatic N) is 4. The Morgan fingerprint density at radius 3 is 2.60 bits per heavy atom. The highest BCUT2D eigenvalue weighted by Gasteiger charge is 2.17. The van der Waals surface area contributed by atoms with Gasteiger partial charge < -0.3 is 10.4 Å². The number of tetrazole rings is 1. The normalized spacial score (nSPS) is 10.6. The molecule has 0 fully saturated rings. The third-order valence-corrected chi connectivity index (χ3v) is 4.16. The molecule has 0 unspecified atom stereocenters. The van der Waals surface area contributed by atoms with Crippen molar-refractivity contribution in [1.82, 2.24) is 25.5 Å². The lowest BCUT2D eigenvalue weighted by atomic mass is 10.0. The number of carbonyl (C=O) groups excluding carboxylic acids is 1. The zero-order valence-corrected chi connectivity index (χ0v) is 14.1. The van der Waals surface area contributed by atoms with E-state index < -0.39 is 0 Å². The van der Waals surface area contributed by atoms with Crippen molar-refractivity contribution in [3.63, 3.8) is 0 Å². The molecule has 128 valence electrons. The van der Waals surface area contributed by atoms with Gasteiger partial charge in [0, 0.05) is 6.54 Å². The number of carbonyl (C=O) groups is 1. The Hall–Kier alpha value is -3.22. The van der Waals surface area contributed by atoms with E-state index in [1.54, 1.807) is 18.2 Å². The molecule has 25 heavy (non-hydrogen) atoms. The average molecular weight is 337 g/mol. The summed E-state index contributed by atoms with van der Waals surface area (Å²) in [5.41, 5.74) is 4.27. The quantitative estimate of drug-likeness (QED) is 0.742. The molecule has 0 aliphatic rings. The Morgan fingerprint density at radius 1 is 1.16 bits per heavy atom. The molecule has 0 bridgehead atoms. The van der Waals surface area contributed by atoms with Crippen LogP contribution in [0.5, 0.6) is 5.75 Å². The Kier molecular flexibility index (Phi) is 4.74. The van der Waals surface area contributed by atoms with Gasteiger partial charge in [0.15, 0.2) is 0 Å². The van der Waals surface area contributed by atoms with Gasteiger partial charge >= 0.3 is 0 Å². The first-order valence-electron chi connectivity index (χ1n) is 7.96. The summed E-state index contributed by atoms with van der Waals surface area (Å²) in [7, 11) is 0. The smallest absolute Gasteiger partial charge is 0.253 e. The molecule has 1 heterocycles. The van der Waals surface area contributed by atoms with Gasteiger partial charge in [0.25, 0.3) is 5.91 Å². The van der Waals surface area contributed by atoms with Crippen LogP contribution in [0, 0.1) is 13.8 Å². The molecule has 0 spiro atoms. The molecule has 0 radical (unpaired) electrons. The maximum atomic E-state index is 12.6. The predicted octanol–water partition coefficient (Wildman–Crippen LogP) is 1.96. The summed E-state index contributed by atoms with van der Waals surface area (Å²) in [6.45, 7) is 4.42. The molecule has 0 aliphatic carbocycles. The zero-order valence-electron chi connectivity index (χ0n) is 14.1. The molecule has 0 saturated heterocycles. The summed E-state index contributed by atoms with van der Waals surface area (Å²) in [5.74, 6) is 0.0568. The average Bonchev–Trinajstić information content (AvgIpc) is 3.13. The van der Waals surface area contributed by atoms with Gasteiger partial charge in [0.2, 0.25) is 0 Å². The van der Waals surface area contributed by atoms with Crippen LogP contribution in [0.4, 0.5) is 0 Å². The van der Waals surface area contributed by atoms with Crippen LogP contribution in [-0.2, 0) is 6.42 Å². The molecule has 3 rings (SSSR count). The number of nitrogens with one attached hydrogen (secondary N) is 1. The van der Waals surface area contributed by atoms with E-state index in [1.807, 2.05) is 32.0 Å². The van der Waals surface area contributed by atoms with E-state index in [0.29, 0.717) is 24.2 Å². The standard InChI is InChI=1S/C18H19N5O2/c1-12-3-8-16(17(13(12)2)23-11-20-21-22-23)18(25)19-10-9-14-4-6-15(24)7-5-14/h3-8,11,24H,9-10H2,1-2H3,(H,19,25). The van der Waals surface area contributed by atoms with Gasteiger partial charge in [-0.3, -0.25) is 4.79 Å². The number of amides is 1. The second-order valence-electron chi connectivity index (χ2n) is 5.83. The number of aromatic nitrogens is 4. The van der Waals surface area contributed by atoms with Gasteiger partial charge in [-0.2, -0.15) is 4.68 Å². The summed E-state index contributed by atoms with van der Waals surface area (Å²) in [6, 6.07) is 10.6. The lowest BCUT2D eigenvalue weighted by molar-refractivity contribution is 0.0954. The van der Waals surface area contributed by atoms with Gasteiger partial charge in [-0.25, -0.2) is 0 Å². The summed E-state index contributed by atoms with van der Waals surface area (Å²) < 4.78 is 1.51. The lowest BCUT2D eigenvalue weighted by Crippen LogP contribution is -2.27. The van der Waals surface area contributed by atoms with E-state index in [9.17, 15) is 9.90 Å². The van der Waals surface area contributed by atoms with Crippen molar-refractivity contribution in [3.8, 4) is 11.4 Å². The second-order valence-corrected chi connectivity index (χ2v) is 5.83. The minimum Gasteiger partial charge on any atom is -0.508 e. The third kappa shape index (κ3) is 3.65. The summed E-state index contributed by atoms with van der Waals surface area (Å²) in [4.78, 5) is 12.6. The molecule has 3 aromatic rings. The van der Waals surface area contributed by atoms with E-state index in [0.717, 1.165) is 16.7 Å². The molecular formula is C18H19N5O2. The van der Waals surface area contributed by atoms with Crippen LogP contribution < -0.4 is 5.32 Å². The fraction of sp³-hybridized carbons (Fsp3) is 0.222. The highest BCUT2D eigenvalue weighted by Crippen LogP contribution is 2.21. The van der Waals surface area contributed by atoms with Crippen molar-refractivity contribution in [2.24, 2.45) is 0 Å². The molecular weight excluding hydrogens is 318 g/mol. The van der Waals surface area contributed by atoms with Gasteiger partial charge in [-0.15, -0.1) is 5.10 Å². The fourth-order valence-corrected chi connectivity index (χ4v) is 2.62. The van der Waals surface area contributed by atoms with E-state index in [4.69, 9.17) is 0 Å².